The molecule has 1 aliphatic rings. The first-order valence-electron chi connectivity index (χ1n) is 6.74. The predicted octanol–water partition coefficient (Wildman–Crippen LogP) is 2.26. The molecule has 20 heavy (non-hydrogen) atoms. The van der Waals surface area contributed by atoms with Crippen molar-refractivity contribution < 1.29 is 4.74 Å². The lowest BCUT2D eigenvalue weighted by Crippen LogP contribution is -2.34. The number of ether oxygens (including phenoxy) is 1. The van der Waals surface area contributed by atoms with E-state index in [1.807, 2.05) is 28.8 Å². The molecule has 0 saturated carbocycles. The van der Waals surface area contributed by atoms with Gasteiger partial charge in [0.2, 0.25) is 0 Å². The normalized spacial score (nSPS) is 17.8. The van der Waals surface area contributed by atoms with Crippen LogP contribution in [0.25, 0.3) is 16.8 Å². The molecular weight excluding hydrogens is 250 g/mol. The lowest BCUT2D eigenvalue weighted by molar-refractivity contribution is 0.264. The molecule has 0 unspecified atom stereocenters. The van der Waals surface area contributed by atoms with Gasteiger partial charge in [0.05, 0.1) is 0 Å². The van der Waals surface area contributed by atoms with Crippen LogP contribution in [0.4, 0.5) is 0 Å². The number of aromatic nitrogens is 2. The third-order valence-electron chi connectivity index (χ3n) is 3.75. The average molecular weight is 265 g/mol. The zero-order chi connectivity index (χ0) is 13.5. The molecule has 100 valence electrons. The van der Waals surface area contributed by atoms with E-state index in [9.17, 15) is 0 Å². The predicted molar refractivity (Wildman–Crippen MR) is 77.8 cm³/mol. The second kappa shape index (κ2) is 4.35. The van der Waals surface area contributed by atoms with E-state index in [1.54, 1.807) is 6.20 Å². The Morgan fingerprint density at radius 2 is 2.20 bits per heavy atom. The fraction of sp³-hybridized carbons (Fsp3) is 0.188. The highest BCUT2D eigenvalue weighted by atomic mass is 16.5. The SMILES string of the molecule is N[C@@H]1COc2cccc(-c3ccc4nccn4c3)c2C1. The van der Waals surface area contributed by atoms with E-state index < -0.39 is 0 Å². The molecule has 4 heteroatoms. The number of rotatable bonds is 1. The molecule has 0 aliphatic carbocycles. The summed E-state index contributed by atoms with van der Waals surface area (Å²) in [5, 5.41) is 0. The molecule has 0 saturated heterocycles. The summed E-state index contributed by atoms with van der Waals surface area (Å²) in [7, 11) is 0. The number of pyridine rings is 1. The van der Waals surface area contributed by atoms with Crippen molar-refractivity contribution in [2.45, 2.75) is 12.5 Å². The van der Waals surface area contributed by atoms with Crippen molar-refractivity contribution in [3.63, 3.8) is 0 Å². The highest BCUT2D eigenvalue weighted by Crippen LogP contribution is 2.34. The molecule has 1 aliphatic heterocycles. The van der Waals surface area contributed by atoms with E-state index in [-0.39, 0.29) is 6.04 Å². The molecule has 1 aromatic carbocycles. The molecule has 0 spiro atoms. The third-order valence-corrected chi connectivity index (χ3v) is 3.75. The summed E-state index contributed by atoms with van der Waals surface area (Å²) >= 11 is 0. The Labute approximate surface area is 116 Å². The van der Waals surface area contributed by atoms with Crippen LogP contribution in [0, 0.1) is 0 Å². The van der Waals surface area contributed by atoms with Gasteiger partial charge in [-0.3, -0.25) is 0 Å². The Balaban J connectivity index is 1.89. The number of nitrogens with two attached hydrogens (primary N) is 1. The van der Waals surface area contributed by atoms with Crippen molar-refractivity contribution in [1.29, 1.82) is 0 Å². The molecular formula is C16H15N3O. The zero-order valence-corrected chi connectivity index (χ0v) is 11.0. The Bertz CT molecular complexity index is 778. The maximum atomic E-state index is 6.03. The number of nitrogens with zero attached hydrogens (tertiary/aromatic N) is 2. The molecule has 4 nitrogen and oxygen atoms in total. The zero-order valence-electron chi connectivity index (χ0n) is 11.0. The summed E-state index contributed by atoms with van der Waals surface area (Å²) in [6, 6.07) is 10.4. The van der Waals surface area contributed by atoms with Gasteiger partial charge in [-0.2, -0.15) is 0 Å². The van der Waals surface area contributed by atoms with E-state index in [0.29, 0.717) is 6.61 Å². The van der Waals surface area contributed by atoms with Gasteiger partial charge in [-0.25, -0.2) is 4.98 Å². The molecule has 0 amide bonds. The van der Waals surface area contributed by atoms with Crippen LogP contribution in [-0.4, -0.2) is 22.0 Å². The van der Waals surface area contributed by atoms with E-state index in [1.165, 1.54) is 11.1 Å². The largest absolute Gasteiger partial charge is 0.492 e. The first-order valence-corrected chi connectivity index (χ1v) is 6.74. The van der Waals surface area contributed by atoms with Crippen LogP contribution in [0.3, 0.4) is 0 Å². The summed E-state index contributed by atoms with van der Waals surface area (Å²) in [6.07, 6.45) is 6.71. The lowest BCUT2D eigenvalue weighted by atomic mass is 9.94. The Morgan fingerprint density at radius 3 is 3.15 bits per heavy atom. The van der Waals surface area contributed by atoms with E-state index in [4.69, 9.17) is 10.5 Å². The van der Waals surface area contributed by atoms with Gasteiger partial charge in [0.15, 0.2) is 0 Å². The summed E-state index contributed by atoms with van der Waals surface area (Å²) in [6.45, 7) is 0.594. The Morgan fingerprint density at radius 1 is 1.25 bits per heavy atom. The number of imidazole rings is 1. The van der Waals surface area contributed by atoms with Gasteiger partial charge < -0.3 is 14.9 Å². The maximum absolute atomic E-state index is 6.03. The summed E-state index contributed by atoms with van der Waals surface area (Å²) in [5.74, 6) is 0.954. The fourth-order valence-corrected chi connectivity index (χ4v) is 2.78. The monoisotopic (exact) mass is 265 g/mol. The number of hydrogen-bond donors (Lipinski definition) is 1. The second-order valence-corrected chi connectivity index (χ2v) is 5.17. The number of fused-ring (bicyclic) bond motifs is 2. The van der Waals surface area contributed by atoms with Crippen molar-refractivity contribution in [3.8, 4) is 16.9 Å². The molecule has 4 rings (SSSR count). The van der Waals surface area contributed by atoms with Gasteiger partial charge in [0.25, 0.3) is 0 Å². The smallest absolute Gasteiger partial charge is 0.136 e. The average Bonchev–Trinajstić information content (AvgIpc) is 2.94. The number of benzene rings is 1. The standard InChI is InChI=1S/C16H15N3O/c17-12-8-14-13(2-1-3-15(14)20-10-12)11-4-5-16-18-6-7-19(16)9-11/h1-7,9,12H,8,10,17H2/t12-/m0/s1. The highest BCUT2D eigenvalue weighted by molar-refractivity contribution is 5.71. The second-order valence-electron chi connectivity index (χ2n) is 5.17. The molecule has 1 atom stereocenters. The van der Waals surface area contributed by atoms with Crippen molar-refractivity contribution in [3.05, 3.63) is 54.5 Å². The highest BCUT2D eigenvalue weighted by Gasteiger charge is 2.20. The van der Waals surface area contributed by atoms with Crippen LogP contribution in [0.2, 0.25) is 0 Å². The quantitative estimate of drug-likeness (QED) is 0.734. The molecule has 2 aromatic heterocycles. The van der Waals surface area contributed by atoms with Crippen LogP contribution >= 0.6 is 0 Å². The van der Waals surface area contributed by atoms with Crippen LogP contribution < -0.4 is 10.5 Å². The molecule has 0 fully saturated rings. The minimum Gasteiger partial charge on any atom is -0.492 e. The summed E-state index contributed by atoms with van der Waals surface area (Å²) in [4.78, 5) is 4.27. The van der Waals surface area contributed by atoms with E-state index >= 15 is 0 Å². The fourth-order valence-electron chi connectivity index (χ4n) is 2.78. The van der Waals surface area contributed by atoms with Gasteiger partial charge in [0.1, 0.15) is 18.0 Å². The summed E-state index contributed by atoms with van der Waals surface area (Å²) < 4.78 is 7.75. The Hall–Kier alpha value is -2.33. The van der Waals surface area contributed by atoms with Crippen LogP contribution in [0.5, 0.6) is 5.75 Å². The van der Waals surface area contributed by atoms with Crippen LogP contribution in [0.1, 0.15) is 5.56 Å². The van der Waals surface area contributed by atoms with Gasteiger partial charge >= 0.3 is 0 Å². The van der Waals surface area contributed by atoms with Crippen LogP contribution in [0.15, 0.2) is 48.9 Å². The van der Waals surface area contributed by atoms with Crippen molar-refractivity contribution >= 4 is 5.65 Å². The molecule has 0 radical (unpaired) electrons. The molecule has 3 aromatic rings. The third kappa shape index (κ3) is 1.77. The topological polar surface area (TPSA) is 52.5 Å². The van der Waals surface area contributed by atoms with Crippen molar-refractivity contribution in [1.82, 2.24) is 9.38 Å². The van der Waals surface area contributed by atoms with Crippen LogP contribution in [-0.2, 0) is 6.42 Å². The maximum Gasteiger partial charge on any atom is 0.136 e. The molecule has 0 bridgehead atoms. The first kappa shape index (κ1) is 11.5. The number of hydrogen-bond acceptors (Lipinski definition) is 3. The van der Waals surface area contributed by atoms with E-state index in [0.717, 1.165) is 23.4 Å². The van der Waals surface area contributed by atoms with E-state index in [2.05, 4.69) is 23.3 Å². The van der Waals surface area contributed by atoms with Gasteiger partial charge in [-0.1, -0.05) is 12.1 Å². The van der Waals surface area contributed by atoms with Gasteiger partial charge in [0, 0.05) is 30.2 Å². The minimum atomic E-state index is 0.0700. The first-order chi connectivity index (χ1) is 9.81. The van der Waals surface area contributed by atoms with Crippen molar-refractivity contribution in [2.24, 2.45) is 5.73 Å². The molecule has 2 N–H and O–H groups in total. The van der Waals surface area contributed by atoms with Gasteiger partial charge in [-0.05, 0) is 35.7 Å². The van der Waals surface area contributed by atoms with Gasteiger partial charge in [-0.15, -0.1) is 0 Å². The summed E-state index contributed by atoms with van der Waals surface area (Å²) in [5.41, 5.74) is 10.5. The Kier molecular flexibility index (Phi) is 2.50. The molecule has 3 heterocycles. The van der Waals surface area contributed by atoms with Crippen molar-refractivity contribution in [2.75, 3.05) is 6.61 Å². The lowest BCUT2D eigenvalue weighted by Gasteiger charge is -2.24. The minimum absolute atomic E-state index is 0.0700.